The summed E-state index contributed by atoms with van der Waals surface area (Å²) in [5.41, 5.74) is 0.747. The number of rotatable bonds is 2. The molecule has 2 heterocycles. The summed E-state index contributed by atoms with van der Waals surface area (Å²) in [6.07, 6.45) is 0. The molecule has 0 fully saturated rings. The van der Waals surface area contributed by atoms with E-state index in [0.29, 0.717) is 0 Å². The van der Waals surface area contributed by atoms with Crippen molar-refractivity contribution >= 4 is 32.8 Å². The average Bonchev–Trinajstić information content (AvgIpc) is 3.04. The molecule has 0 amide bonds. The van der Waals surface area contributed by atoms with Gasteiger partial charge in [-0.25, -0.2) is 0 Å². The molecule has 0 saturated heterocycles. The van der Waals surface area contributed by atoms with Crippen molar-refractivity contribution in [1.82, 2.24) is 0 Å². The third-order valence-corrected chi connectivity index (χ3v) is 4.97. The monoisotopic (exact) mass is 271 g/mol. The quantitative estimate of drug-likeness (QED) is 0.687. The number of hydrogen-bond donors (Lipinski definition) is 0. The Hall–Kier alpha value is -1.83. The van der Waals surface area contributed by atoms with Crippen LogP contribution in [-0.4, -0.2) is 7.11 Å². The van der Waals surface area contributed by atoms with E-state index in [1.807, 2.05) is 35.7 Å². The second-order valence-corrected chi connectivity index (χ2v) is 5.76. The maximum absolute atomic E-state index is 9.39. The number of thiophene rings is 2. The maximum Gasteiger partial charge on any atom is 0.119 e. The van der Waals surface area contributed by atoms with Crippen LogP contribution in [-0.2, 0) is 0 Å². The van der Waals surface area contributed by atoms with Gasteiger partial charge in [0.05, 0.1) is 17.6 Å². The van der Waals surface area contributed by atoms with E-state index in [9.17, 15) is 5.26 Å². The molecule has 0 aliphatic heterocycles. The van der Waals surface area contributed by atoms with Gasteiger partial charge in [0.1, 0.15) is 11.8 Å². The number of fused-ring (bicyclic) bond motifs is 1. The normalized spacial score (nSPS) is 10.4. The molecule has 0 aliphatic carbocycles. The Bertz CT molecular complexity index is 735. The van der Waals surface area contributed by atoms with Crippen LogP contribution in [0.1, 0.15) is 5.56 Å². The predicted molar refractivity (Wildman–Crippen MR) is 76.4 cm³/mol. The van der Waals surface area contributed by atoms with E-state index in [1.54, 1.807) is 29.8 Å². The Balaban J connectivity index is 2.31. The molecule has 0 saturated carbocycles. The summed E-state index contributed by atoms with van der Waals surface area (Å²) in [4.78, 5) is 2.20. The van der Waals surface area contributed by atoms with Crippen molar-refractivity contribution in [3.8, 4) is 21.6 Å². The Labute approximate surface area is 113 Å². The van der Waals surface area contributed by atoms with Crippen molar-refractivity contribution in [2.45, 2.75) is 0 Å². The second-order valence-electron chi connectivity index (χ2n) is 3.76. The third-order valence-electron chi connectivity index (χ3n) is 2.75. The highest BCUT2D eigenvalue weighted by atomic mass is 32.1. The van der Waals surface area contributed by atoms with Crippen LogP contribution in [0.25, 0.3) is 19.8 Å². The van der Waals surface area contributed by atoms with E-state index in [4.69, 9.17) is 4.74 Å². The number of ether oxygens (including phenoxy) is 1. The van der Waals surface area contributed by atoms with Crippen LogP contribution in [0.2, 0.25) is 0 Å². The van der Waals surface area contributed by atoms with Crippen LogP contribution in [0.3, 0.4) is 0 Å². The molecular weight excluding hydrogens is 262 g/mol. The van der Waals surface area contributed by atoms with Gasteiger partial charge in [-0.1, -0.05) is 6.07 Å². The first-order valence-electron chi connectivity index (χ1n) is 5.38. The first-order valence-corrected chi connectivity index (χ1v) is 7.07. The largest absolute Gasteiger partial charge is 0.497 e. The molecule has 88 valence electrons. The topological polar surface area (TPSA) is 33.0 Å². The molecule has 0 unspecified atom stereocenters. The van der Waals surface area contributed by atoms with Crippen LogP contribution in [0.15, 0.2) is 35.7 Å². The zero-order chi connectivity index (χ0) is 12.5. The molecular formula is C14H9NOS2. The van der Waals surface area contributed by atoms with E-state index in [-0.39, 0.29) is 0 Å². The highest BCUT2D eigenvalue weighted by molar-refractivity contribution is 7.26. The minimum atomic E-state index is 0.747. The molecule has 0 atom stereocenters. The summed E-state index contributed by atoms with van der Waals surface area (Å²) in [5, 5.41) is 12.4. The van der Waals surface area contributed by atoms with Crippen molar-refractivity contribution in [1.29, 1.82) is 5.26 Å². The SMILES string of the molecule is COc1ccc2sc(-c3cccs3)c(C#N)c2c1. The summed E-state index contributed by atoms with van der Waals surface area (Å²) in [6, 6.07) is 12.2. The van der Waals surface area contributed by atoms with Crippen molar-refractivity contribution in [2.24, 2.45) is 0 Å². The van der Waals surface area contributed by atoms with Crippen LogP contribution in [0.4, 0.5) is 0 Å². The molecule has 18 heavy (non-hydrogen) atoms. The Kier molecular flexibility index (Phi) is 2.78. The minimum Gasteiger partial charge on any atom is -0.497 e. The Morgan fingerprint density at radius 1 is 1.28 bits per heavy atom. The standard InChI is InChI=1S/C14H9NOS2/c1-16-9-4-5-12-10(7-9)11(8-15)14(18-12)13-3-2-6-17-13/h2-7H,1H3. The van der Waals surface area contributed by atoms with Crippen molar-refractivity contribution in [3.05, 3.63) is 41.3 Å². The molecule has 0 bridgehead atoms. The second kappa shape index (κ2) is 4.45. The van der Waals surface area contributed by atoms with Crippen molar-refractivity contribution < 1.29 is 4.74 Å². The minimum absolute atomic E-state index is 0.747. The lowest BCUT2D eigenvalue weighted by Crippen LogP contribution is -1.81. The summed E-state index contributed by atoms with van der Waals surface area (Å²) in [7, 11) is 1.64. The number of nitrogens with zero attached hydrogens (tertiary/aromatic N) is 1. The highest BCUT2D eigenvalue weighted by Crippen LogP contribution is 2.41. The molecule has 0 aliphatic rings. The van der Waals surface area contributed by atoms with E-state index >= 15 is 0 Å². The fourth-order valence-corrected chi connectivity index (χ4v) is 3.89. The van der Waals surface area contributed by atoms with Gasteiger partial charge in [0, 0.05) is 15.0 Å². The zero-order valence-corrected chi connectivity index (χ0v) is 11.3. The summed E-state index contributed by atoms with van der Waals surface area (Å²) in [5.74, 6) is 0.787. The van der Waals surface area contributed by atoms with Crippen LogP contribution in [0, 0.1) is 11.3 Å². The van der Waals surface area contributed by atoms with Crippen molar-refractivity contribution in [2.75, 3.05) is 7.11 Å². The lowest BCUT2D eigenvalue weighted by molar-refractivity contribution is 0.415. The number of methoxy groups -OCH3 is 1. The zero-order valence-electron chi connectivity index (χ0n) is 9.64. The fourth-order valence-electron chi connectivity index (χ4n) is 1.90. The molecule has 2 nitrogen and oxygen atoms in total. The summed E-state index contributed by atoms with van der Waals surface area (Å²) < 4.78 is 6.34. The van der Waals surface area contributed by atoms with Crippen LogP contribution in [0.5, 0.6) is 5.75 Å². The first kappa shape index (κ1) is 11.3. The smallest absolute Gasteiger partial charge is 0.119 e. The summed E-state index contributed by atoms with van der Waals surface area (Å²) >= 11 is 3.32. The lowest BCUT2D eigenvalue weighted by Gasteiger charge is -1.98. The van der Waals surface area contributed by atoms with Gasteiger partial charge in [-0.05, 0) is 29.6 Å². The lowest BCUT2D eigenvalue weighted by atomic mass is 10.1. The van der Waals surface area contributed by atoms with Gasteiger partial charge in [0.2, 0.25) is 0 Å². The molecule has 0 spiro atoms. The number of hydrogen-bond acceptors (Lipinski definition) is 4. The van der Waals surface area contributed by atoms with Crippen LogP contribution >= 0.6 is 22.7 Å². The first-order chi connectivity index (χ1) is 8.83. The number of benzene rings is 1. The molecule has 0 radical (unpaired) electrons. The van der Waals surface area contributed by atoms with Crippen LogP contribution < -0.4 is 4.74 Å². The van der Waals surface area contributed by atoms with E-state index in [2.05, 4.69) is 6.07 Å². The Morgan fingerprint density at radius 2 is 2.17 bits per heavy atom. The molecule has 3 rings (SSSR count). The molecule has 3 aromatic rings. The van der Waals surface area contributed by atoms with Gasteiger partial charge in [0.25, 0.3) is 0 Å². The summed E-state index contributed by atoms with van der Waals surface area (Å²) in [6.45, 7) is 0. The van der Waals surface area contributed by atoms with Gasteiger partial charge >= 0.3 is 0 Å². The van der Waals surface area contributed by atoms with Gasteiger partial charge in [-0.3, -0.25) is 0 Å². The number of nitriles is 1. The van der Waals surface area contributed by atoms with Crippen molar-refractivity contribution in [3.63, 3.8) is 0 Å². The molecule has 0 N–H and O–H groups in total. The van der Waals surface area contributed by atoms with Gasteiger partial charge in [-0.15, -0.1) is 22.7 Å². The maximum atomic E-state index is 9.39. The van der Waals surface area contributed by atoms with E-state index in [1.165, 1.54) is 0 Å². The third kappa shape index (κ3) is 1.69. The van der Waals surface area contributed by atoms with Gasteiger partial charge in [0.15, 0.2) is 0 Å². The molecule has 4 heteroatoms. The van der Waals surface area contributed by atoms with Gasteiger partial charge < -0.3 is 4.74 Å². The molecule has 2 aromatic heterocycles. The van der Waals surface area contributed by atoms with E-state index in [0.717, 1.165) is 31.2 Å². The molecule has 1 aromatic carbocycles. The van der Waals surface area contributed by atoms with E-state index < -0.39 is 0 Å². The average molecular weight is 271 g/mol. The Morgan fingerprint density at radius 3 is 2.83 bits per heavy atom. The fraction of sp³-hybridized carbons (Fsp3) is 0.0714. The highest BCUT2D eigenvalue weighted by Gasteiger charge is 2.14. The predicted octanol–water partition coefficient (Wildman–Crippen LogP) is 4.51. The van der Waals surface area contributed by atoms with Gasteiger partial charge in [-0.2, -0.15) is 5.26 Å².